The number of carbonyl (C=O) groups excluding carboxylic acids is 1. The fourth-order valence-corrected chi connectivity index (χ4v) is 2.54. The van der Waals surface area contributed by atoms with Crippen LogP contribution >= 0.6 is 0 Å². The summed E-state index contributed by atoms with van der Waals surface area (Å²) in [5.41, 5.74) is 5.44. The second-order valence-electron chi connectivity index (χ2n) is 5.70. The molecule has 104 valence electrons. The number of likely N-dealkylation sites (N-methyl/N-ethyl adjacent to an activating group) is 1. The fourth-order valence-electron chi connectivity index (χ4n) is 2.54. The molecule has 1 aliphatic heterocycles. The molecule has 1 aliphatic carbocycles. The minimum atomic E-state index is -0.242. The molecule has 0 radical (unpaired) electrons. The average Bonchev–Trinajstić information content (AvgIpc) is 3.13. The van der Waals surface area contributed by atoms with E-state index in [0.717, 1.165) is 26.2 Å². The van der Waals surface area contributed by atoms with Gasteiger partial charge in [-0.1, -0.05) is 0 Å². The van der Waals surface area contributed by atoms with Gasteiger partial charge in [-0.2, -0.15) is 0 Å². The first-order valence-electron chi connectivity index (χ1n) is 6.97. The van der Waals surface area contributed by atoms with Crippen LogP contribution in [0.5, 0.6) is 0 Å². The van der Waals surface area contributed by atoms with Crippen LogP contribution < -0.4 is 11.1 Å². The van der Waals surface area contributed by atoms with Crippen LogP contribution in [0.3, 0.4) is 0 Å². The van der Waals surface area contributed by atoms with E-state index in [1.165, 1.54) is 19.3 Å². The standard InChI is InChI=1S/C13H25N3O2/c1-16(7-10-3-2-6-18-9-10)8-12(13(14)17)15-11-4-5-11/h10-12,15H,2-9H2,1H3,(H2,14,17). The molecule has 0 spiro atoms. The summed E-state index contributed by atoms with van der Waals surface area (Å²) in [6.07, 6.45) is 4.72. The maximum Gasteiger partial charge on any atom is 0.235 e. The molecule has 1 heterocycles. The van der Waals surface area contributed by atoms with Crippen LogP contribution in [0, 0.1) is 5.92 Å². The number of nitrogens with one attached hydrogen (secondary N) is 1. The monoisotopic (exact) mass is 255 g/mol. The number of carbonyl (C=O) groups is 1. The minimum Gasteiger partial charge on any atom is -0.381 e. The Morgan fingerprint density at radius 2 is 2.28 bits per heavy atom. The predicted octanol–water partition coefficient (Wildman–Crippen LogP) is -0.0493. The molecule has 1 saturated heterocycles. The van der Waals surface area contributed by atoms with Crippen molar-refractivity contribution in [2.45, 2.75) is 37.8 Å². The first-order chi connectivity index (χ1) is 8.65. The number of rotatable bonds is 7. The van der Waals surface area contributed by atoms with E-state index >= 15 is 0 Å². The van der Waals surface area contributed by atoms with Crippen molar-refractivity contribution in [1.82, 2.24) is 10.2 Å². The number of nitrogens with two attached hydrogens (primary N) is 1. The molecule has 2 aliphatic rings. The summed E-state index contributed by atoms with van der Waals surface area (Å²) in [7, 11) is 2.05. The van der Waals surface area contributed by atoms with E-state index in [4.69, 9.17) is 10.5 Å². The summed E-state index contributed by atoms with van der Waals surface area (Å²) < 4.78 is 5.48. The molecule has 18 heavy (non-hydrogen) atoms. The lowest BCUT2D eigenvalue weighted by atomic mass is 10.0. The third kappa shape index (κ3) is 4.55. The van der Waals surface area contributed by atoms with E-state index in [0.29, 0.717) is 18.5 Å². The van der Waals surface area contributed by atoms with Crippen molar-refractivity contribution in [3.8, 4) is 0 Å². The van der Waals surface area contributed by atoms with Crippen LogP contribution in [0.25, 0.3) is 0 Å². The number of hydrogen-bond acceptors (Lipinski definition) is 4. The Kier molecular flexibility index (Phi) is 4.97. The van der Waals surface area contributed by atoms with Gasteiger partial charge in [-0.25, -0.2) is 0 Å². The molecule has 0 bridgehead atoms. The Labute approximate surface area is 109 Å². The molecular formula is C13H25N3O2. The van der Waals surface area contributed by atoms with Gasteiger partial charge in [-0.15, -0.1) is 0 Å². The van der Waals surface area contributed by atoms with E-state index in [1.807, 2.05) is 0 Å². The Balaban J connectivity index is 1.72. The lowest BCUT2D eigenvalue weighted by molar-refractivity contribution is -0.120. The maximum atomic E-state index is 11.4. The third-order valence-corrected chi connectivity index (χ3v) is 3.68. The zero-order valence-electron chi connectivity index (χ0n) is 11.2. The van der Waals surface area contributed by atoms with Crippen LogP contribution in [-0.4, -0.2) is 56.2 Å². The number of primary amides is 1. The van der Waals surface area contributed by atoms with Gasteiger partial charge in [0.05, 0.1) is 12.6 Å². The highest BCUT2D eigenvalue weighted by Crippen LogP contribution is 2.20. The van der Waals surface area contributed by atoms with E-state index < -0.39 is 0 Å². The van der Waals surface area contributed by atoms with Crippen molar-refractivity contribution in [2.75, 3.05) is 33.4 Å². The van der Waals surface area contributed by atoms with Crippen molar-refractivity contribution in [1.29, 1.82) is 0 Å². The summed E-state index contributed by atoms with van der Waals surface area (Å²) in [5.74, 6) is 0.354. The second-order valence-corrected chi connectivity index (χ2v) is 5.70. The van der Waals surface area contributed by atoms with E-state index in [1.54, 1.807) is 0 Å². The summed E-state index contributed by atoms with van der Waals surface area (Å²) >= 11 is 0. The lowest BCUT2D eigenvalue weighted by Gasteiger charge is -2.29. The molecule has 2 fully saturated rings. The molecule has 0 aromatic heterocycles. The highest BCUT2D eigenvalue weighted by molar-refractivity contribution is 5.80. The maximum absolute atomic E-state index is 11.4. The van der Waals surface area contributed by atoms with E-state index in [-0.39, 0.29) is 11.9 Å². The third-order valence-electron chi connectivity index (χ3n) is 3.68. The second kappa shape index (κ2) is 6.50. The van der Waals surface area contributed by atoms with Gasteiger partial charge in [0.15, 0.2) is 0 Å². The summed E-state index contributed by atoms with van der Waals surface area (Å²) in [6, 6.07) is 0.293. The molecule has 5 heteroatoms. The van der Waals surface area contributed by atoms with Gasteiger partial charge >= 0.3 is 0 Å². The van der Waals surface area contributed by atoms with Crippen molar-refractivity contribution < 1.29 is 9.53 Å². The summed E-state index contributed by atoms with van der Waals surface area (Å²) in [4.78, 5) is 13.6. The van der Waals surface area contributed by atoms with Crippen molar-refractivity contribution in [3.05, 3.63) is 0 Å². The van der Waals surface area contributed by atoms with Crippen LogP contribution in [0.2, 0.25) is 0 Å². The first kappa shape index (κ1) is 13.8. The molecule has 2 rings (SSSR count). The number of ether oxygens (including phenoxy) is 1. The van der Waals surface area contributed by atoms with Crippen LogP contribution in [0.1, 0.15) is 25.7 Å². The smallest absolute Gasteiger partial charge is 0.235 e. The minimum absolute atomic E-state index is 0.216. The lowest BCUT2D eigenvalue weighted by Crippen LogP contribution is -2.50. The highest BCUT2D eigenvalue weighted by atomic mass is 16.5. The largest absolute Gasteiger partial charge is 0.381 e. The van der Waals surface area contributed by atoms with Gasteiger partial charge < -0.3 is 20.7 Å². The van der Waals surface area contributed by atoms with Crippen LogP contribution in [0.15, 0.2) is 0 Å². The Bertz CT molecular complexity index is 275. The predicted molar refractivity (Wildman–Crippen MR) is 70.2 cm³/mol. The normalized spacial score (nSPS) is 26.2. The van der Waals surface area contributed by atoms with Gasteiger partial charge in [0, 0.05) is 25.7 Å². The molecule has 0 aromatic carbocycles. The molecule has 3 N–H and O–H groups in total. The molecule has 5 nitrogen and oxygen atoms in total. The van der Waals surface area contributed by atoms with Crippen LogP contribution in [-0.2, 0) is 9.53 Å². The molecular weight excluding hydrogens is 230 g/mol. The molecule has 2 atom stereocenters. The molecule has 2 unspecified atom stereocenters. The zero-order valence-corrected chi connectivity index (χ0v) is 11.2. The van der Waals surface area contributed by atoms with Gasteiger partial charge in [0.1, 0.15) is 0 Å². The number of hydrogen-bond donors (Lipinski definition) is 2. The van der Waals surface area contributed by atoms with Crippen molar-refractivity contribution in [3.63, 3.8) is 0 Å². The molecule has 0 aromatic rings. The van der Waals surface area contributed by atoms with E-state index in [9.17, 15) is 4.79 Å². The van der Waals surface area contributed by atoms with Crippen molar-refractivity contribution >= 4 is 5.91 Å². The average molecular weight is 255 g/mol. The Morgan fingerprint density at radius 3 is 2.83 bits per heavy atom. The number of amides is 1. The number of nitrogens with zero attached hydrogens (tertiary/aromatic N) is 1. The van der Waals surface area contributed by atoms with Gasteiger partial charge in [0.2, 0.25) is 5.91 Å². The Morgan fingerprint density at radius 1 is 1.50 bits per heavy atom. The topological polar surface area (TPSA) is 67.6 Å². The quantitative estimate of drug-likeness (QED) is 0.669. The van der Waals surface area contributed by atoms with Gasteiger partial charge in [-0.05, 0) is 38.6 Å². The molecule has 1 amide bonds. The molecule has 1 saturated carbocycles. The summed E-state index contributed by atoms with van der Waals surface area (Å²) in [5, 5.41) is 3.31. The SMILES string of the molecule is CN(CC1CCCOC1)CC(NC1CC1)C(N)=O. The van der Waals surface area contributed by atoms with Crippen LogP contribution in [0.4, 0.5) is 0 Å². The highest BCUT2D eigenvalue weighted by Gasteiger charge is 2.28. The van der Waals surface area contributed by atoms with Gasteiger partial charge in [-0.3, -0.25) is 4.79 Å². The van der Waals surface area contributed by atoms with Gasteiger partial charge in [0.25, 0.3) is 0 Å². The fraction of sp³-hybridized carbons (Fsp3) is 0.923. The first-order valence-corrected chi connectivity index (χ1v) is 6.97. The zero-order chi connectivity index (χ0) is 13.0. The van der Waals surface area contributed by atoms with Crippen molar-refractivity contribution in [2.24, 2.45) is 11.7 Å². The van der Waals surface area contributed by atoms with E-state index in [2.05, 4.69) is 17.3 Å². The Hall–Kier alpha value is -0.650. The summed E-state index contributed by atoms with van der Waals surface area (Å²) in [6.45, 7) is 3.42.